The summed E-state index contributed by atoms with van der Waals surface area (Å²) in [6, 6.07) is 10.4. The van der Waals surface area contributed by atoms with Crippen molar-refractivity contribution in [1.82, 2.24) is 0 Å². The summed E-state index contributed by atoms with van der Waals surface area (Å²) in [5.41, 5.74) is 1.11. The van der Waals surface area contributed by atoms with E-state index in [1.807, 2.05) is 19.9 Å². The highest BCUT2D eigenvalue weighted by molar-refractivity contribution is 7.12. The first-order chi connectivity index (χ1) is 14.3. The minimum Gasteiger partial charge on any atom is -0.465 e. The van der Waals surface area contributed by atoms with Crippen LogP contribution in [0.3, 0.4) is 0 Å². The fraction of sp³-hybridized carbons (Fsp3) is 0.364. The molecule has 0 bridgehead atoms. The number of ketones is 1. The van der Waals surface area contributed by atoms with Crippen LogP contribution in [0, 0.1) is 13.8 Å². The topological polar surface area (TPSA) is 90.0 Å². The average molecular weight is 432 g/mol. The molecule has 2 aromatic rings. The number of benzene rings is 1. The van der Waals surface area contributed by atoms with Crippen LogP contribution in [-0.4, -0.2) is 43.4 Å². The summed E-state index contributed by atoms with van der Waals surface area (Å²) in [6.07, 6.45) is -0.112. The fourth-order valence-electron chi connectivity index (χ4n) is 2.82. The maximum absolute atomic E-state index is 12.6. The molecular weight excluding hydrogens is 406 g/mol. The molecule has 0 aliphatic heterocycles. The molecule has 0 atom stereocenters. The smallest absolute Gasteiger partial charge is 0.326 e. The monoisotopic (exact) mass is 431 g/mol. The average Bonchev–Trinajstić information content (AvgIpc) is 3.07. The molecule has 0 aliphatic rings. The van der Waals surface area contributed by atoms with Crippen LogP contribution in [0.4, 0.5) is 5.69 Å². The number of aryl methyl sites for hydroxylation is 2. The number of ether oxygens (including phenoxy) is 2. The number of nitrogens with zero attached hydrogens (tertiary/aromatic N) is 1. The number of carbonyl (C=O) groups excluding carboxylic acids is 4. The Labute approximate surface area is 179 Å². The summed E-state index contributed by atoms with van der Waals surface area (Å²) in [5, 5.41) is 0. The predicted octanol–water partition coefficient (Wildman–Crippen LogP) is 3.47. The third kappa shape index (κ3) is 6.81. The van der Waals surface area contributed by atoms with Gasteiger partial charge in [-0.1, -0.05) is 18.2 Å². The van der Waals surface area contributed by atoms with Gasteiger partial charge in [-0.25, -0.2) is 0 Å². The van der Waals surface area contributed by atoms with Crippen molar-refractivity contribution in [1.29, 1.82) is 0 Å². The number of carbonyl (C=O) groups is 4. The van der Waals surface area contributed by atoms with Crippen LogP contribution in [0.15, 0.2) is 36.4 Å². The highest BCUT2D eigenvalue weighted by Crippen LogP contribution is 2.22. The Hall–Kier alpha value is -3.00. The maximum Gasteiger partial charge on any atom is 0.326 e. The van der Waals surface area contributed by atoms with Gasteiger partial charge in [0.25, 0.3) is 5.91 Å². The molecule has 0 spiro atoms. The van der Waals surface area contributed by atoms with Gasteiger partial charge in [0, 0.05) is 27.4 Å². The molecule has 2 rings (SSSR count). The molecule has 1 heterocycles. The van der Waals surface area contributed by atoms with Crippen molar-refractivity contribution < 1.29 is 28.7 Å². The number of Topliss-reactive ketones (excluding diaryl/α,β-unsaturated/α-hetero) is 1. The molecule has 1 aromatic heterocycles. The normalized spacial score (nSPS) is 10.4. The summed E-state index contributed by atoms with van der Waals surface area (Å²) in [4.78, 5) is 51.9. The summed E-state index contributed by atoms with van der Waals surface area (Å²) in [5.74, 6) is -1.90. The summed E-state index contributed by atoms with van der Waals surface area (Å²) >= 11 is 1.53. The summed E-state index contributed by atoms with van der Waals surface area (Å²) in [7, 11) is 0. The van der Waals surface area contributed by atoms with E-state index in [1.54, 1.807) is 37.3 Å². The predicted molar refractivity (Wildman–Crippen MR) is 114 cm³/mol. The number of anilines is 1. The van der Waals surface area contributed by atoms with Crippen LogP contribution < -0.4 is 4.90 Å². The Morgan fingerprint density at radius 2 is 1.67 bits per heavy atom. The van der Waals surface area contributed by atoms with E-state index in [2.05, 4.69) is 0 Å². The highest BCUT2D eigenvalue weighted by Gasteiger charge is 2.21. The Kier molecular flexibility index (Phi) is 8.73. The van der Waals surface area contributed by atoms with Gasteiger partial charge in [0.05, 0.1) is 13.0 Å². The molecule has 0 fully saturated rings. The van der Waals surface area contributed by atoms with Crippen molar-refractivity contribution >= 4 is 40.7 Å². The van der Waals surface area contributed by atoms with Crippen LogP contribution in [0.5, 0.6) is 0 Å². The van der Waals surface area contributed by atoms with Gasteiger partial charge in [-0.05, 0) is 39.0 Å². The first-order valence-electron chi connectivity index (χ1n) is 9.58. The maximum atomic E-state index is 12.6. The number of para-hydroxylation sites is 1. The zero-order chi connectivity index (χ0) is 22.1. The van der Waals surface area contributed by atoms with E-state index < -0.39 is 24.5 Å². The molecule has 7 nitrogen and oxygen atoms in total. The number of thiophene rings is 1. The van der Waals surface area contributed by atoms with E-state index in [1.165, 1.54) is 16.2 Å². The van der Waals surface area contributed by atoms with Gasteiger partial charge in [0.2, 0.25) is 0 Å². The number of amides is 1. The second kappa shape index (κ2) is 11.3. The van der Waals surface area contributed by atoms with Gasteiger partial charge >= 0.3 is 11.9 Å². The number of hydrogen-bond acceptors (Lipinski definition) is 7. The molecule has 0 unspecified atom stereocenters. The van der Waals surface area contributed by atoms with Crippen LogP contribution in [0.25, 0.3) is 0 Å². The number of rotatable bonds is 10. The van der Waals surface area contributed by atoms with E-state index in [9.17, 15) is 19.2 Å². The quantitative estimate of drug-likeness (QED) is 0.423. The first-order valence-corrected chi connectivity index (χ1v) is 10.4. The second-order valence-corrected chi connectivity index (χ2v) is 7.99. The molecule has 30 heavy (non-hydrogen) atoms. The van der Waals surface area contributed by atoms with E-state index in [-0.39, 0.29) is 31.8 Å². The molecule has 1 aromatic carbocycles. The van der Waals surface area contributed by atoms with Crippen molar-refractivity contribution in [2.24, 2.45) is 0 Å². The van der Waals surface area contributed by atoms with Crippen molar-refractivity contribution in [3.63, 3.8) is 0 Å². The van der Waals surface area contributed by atoms with Gasteiger partial charge in [-0.3, -0.25) is 24.1 Å². The van der Waals surface area contributed by atoms with E-state index in [4.69, 9.17) is 9.47 Å². The van der Waals surface area contributed by atoms with Gasteiger partial charge in [0.15, 0.2) is 12.4 Å². The fourth-order valence-corrected chi connectivity index (χ4v) is 3.76. The molecule has 0 N–H and O–H groups in total. The minimum atomic E-state index is -0.648. The van der Waals surface area contributed by atoms with Crippen LogP contribution in [0.2, 0.25) is 0 Å². The van der Waals surface area contributed by atoms with Crippen LogP contribution >= 0.6 is 11.3 Å². The van der Waals surface area contributed by atoms with Gasteiger partial charge in [-0.15, -0.1) is 11.3 Å². The third-order valence-corrected chi connectivity index (χ3v) is 5.18. The minimum absolute atomic E-state index is 0.00919. The van der Waals surface area contributed by atoms with E-state index >= 15 is 0 Å². The standard InChI is InChI=1S/C22H25NO6S/c1-4-28-22(27)13-23(17-8-6-5-7-9-17)20(25)14-29-21(26)11-10-19(24)18-12-15(2)30-16(18)3/h5-9,12H,4,10-11,13-14H2,1-3H3. The molecule has 8 heteroatoms. The van der Waals surface area contributed by atoms with E-state index in [0.29, 0.717) is 11.3 Å². The Bertz CT molecular complexity index is 906. The first kappa shape index (κ1) is 23.3. The number of hydrogen-bond donors (Lipinski definition) is 0. The zero-order valence-electron chi connectivity index (χ0n) is 17.3. The molecule has 0 aliphatic carbocycles. The van der Waals surface area contributed by atoms with Crippen molar-refractivity contribution in [3.8, 4) is 0 Å². The third-order valence-electron chi connectivity index (χ3n) is 4.22. The second-order valence-electron chi connectivity index (χ2n) is 6.53. The van der Waals surface area contributed by atoms with Crippen molar-refractivity contribution in [2.45, 2.75) is 33.6 Å². The molecular formula is C22H25NO6S. The Balaban J connectivity index is 1.90. The lowest BCUT2D eigenvalue weighted by Crippen LogP contribution is -2.39. The zero-order valence-corrected chi connectivity index (χ0v) is 18.1. The van der Waals surface area contributed by atoms with Crippen LogP contribution in [-0.2, 0) is 23.9 Å². The molecule has 1 amide bonds. The Morgan fingerprint density at radius 3 is 2.27 bits per heavy atom. The molecule has 0 saturated carbocycles. The Morgan fingerprint density at radius 1 is 0.967 bits per heavy atom. The van der Waals surface area contributed by atoms with Crippen molar-refractivity contribution in [3.05, 3.63) is 51.7 Å². The largest absolute Gasteiger partial charge is 0.465 e. The van der Waals surface area contributed by atoms with Crippen molar-refractivity contribution in [2.75, 3.05) is 24.7 Å². The molecule has 0 radical (unpaired) electrons. The molecule has 0 saturated heterocycles. The van der Waals surface area contributed by atoms with Gasteiger partial charge in [-0.2, -0.15) is 0 Å². The lowest BCUT2D eigenvalue weighted by Gasteiger charge is -2.21. The SMILES string of the molecule is CCOC(=O)CN(C(=O)COC(=O)CCC(=O)c1cc(C)sc1C)c1ccccc1. The highest BCUT2D eigenvalue weighted by atomic mass is 32.1. The summed E-state index contributed by atoms with van der Waals surface area (Å²) < 4.78 is 9.95. The lowest BCUT2D eigenvalue weighted by molar-refractivity contribution is -0.148. The van der Waals surface area contributed by atoms with Gasteiger partial charge < -0.3 is 9.47 Å². The van der Waals surface area contributed by atoms with Gasteiger partial charge in [0.1, 0.15) is 6.54 Å². The summed E-state index contributed by atoms with van der Waals surface area (Å²) in [6.45, 7) is 4.84. The van der Waals surface area contributed by atoms with E-state index in [0.717, 1.165) is 9.75 Å². The van der Waals surface area contributed by atoms with Crippen LogP contribution in [0.1, 0.15) is 39.9 Å². The lowest BCUT2D eigenvalue weighted by atomic mass is 10.1. The number of esters is 2. The molecule has 160 valence electrons.